The first-order valence-electron chi connectivity index (χ1n) is 7.22. The van der Waals surface area contributed by atoms with Crippen LogP contribution in [-0.4, -0.2) is 35.6 Å². The van der Waals surface area contributed by atoms with Crippen LogP contribution in [0.4, 0.5) is 0 Å². The van der Waals surface area contributed by atoms with Crippen LogP contribution in [0.2, 0.25) is 0 Å². The van der Waals surface area contributed by atoms with Crippen LogP contribution in [0, 0.1) is 0 Å². The molecule has 102 valence electrons. The lowest BCUT2D eigenvalue weighted by Gasteiger charge is -2.35. The van der Waals surface area contributed by atoms with Gasteiger partial charge in [0, 0.05) is 35.7 Å². The lowest BCUT2D eigenvalue weighted by atomic mass is 9.98. The van der Waals surface area contributed by atoms with Gasteiger partial charge in [0.1, 0.15) is 0 Å². The quantitative estimate of drug-likeness (QED) is 0.886. The molecule has 19 heavy (non-hydrogen) atoms. The smallest absolute Gasteiger partial charge is 0.0457 e. The van der Waals surface area contributed by atoms with Crippen LogP contribution in [0.15, 0.2) is 30.5 Å². The number of hydrogen-bond donors (Lipinski definition) is 2. The van der Waals surface area contributed by atoms with Gasteiger partial charge >= 0.3 is 0 Å². The second-order valence-corrected chi connectivity index (χ2v) is 5.79. The number of likely N-dealkylation sites (tertiary alicyclic amines) is 1. The van der Waals surface area contributed by atoms with Crippen molar-refractivity contribution < 1.29 is 0 Å². The van der Waals surface area contributed by atoms with Crippen LogP contribution in [0.1, 0.15) is 25.3 Å². The van der Waals surface area contributed by atoms with E-state index >= 15 is 0 Å². The van der Waals surface area contributed by atoms with Crippen molar-refractivity contribution in [1.82, 2.24) is 15.2 Å². The maximum atomic E-state index is 3.73. The number of H-pyrrole nitrogens is 1. The van der Waals surface area contributed by atoms with E-state index in [1.807, 2.05) is 6.20 Å². The van der Waals surface area contributed by atoms with E-state index in [0.717, 1.165) is 6.54 Å². The van der Waals surface area contributed by atoms with Gasteiger partial charge in [-0.2, -0.15) is 0 Å². The van der Waals surface area contributed by atoms with Crippen LogP contribution in [-0.2, 0) is 6.54 Å². The number of nitrogens with zero attached hydrogens (tertiary/aromatic N) is 1. The molecule has 1 aromatic carbocycles. The molecule has 2 aromatic rings. The van der Waals surface area contributed by atoms with Gasteiger partial charge in [0.15, 0.2) is 0 Å². The molecule has 2 unspecified atom stereocenters. The first kappa shape index (κ1) is 12.7. The lowest BCUT2D eigenvalue weighted by Crippen LogP contribution is -2.45. The molecule has 2 N–H and O–H groups in total. The number of hydrogen-bond acceptors (Lipinski definition) is 2. The SMILES string of the molecule is CC1CC(NCc2cccc3[nH]ccc23)CCN1C. The van der Waals surface area contributed by atoms with Crippen molar-refractivity contribution in [3.63, 3.8) is 0 Å². The molecule has 1 saturated heterocycles. The zero-order valence-corrected chi connectivity index (χ0v) is 11.8. The fourth-order valence-corrected chi connectivity index (χ4v) is 3.03. The first-order valence-corrected chi connectivity index (χ1v) is 7.22. The van der Waals surface area contributed by atoms with E-state index < -0.39 is 0 Å². The van der Waals surface area contributed by atoms with Crippen molar-refractivity contribution in [1.29, 1.82) is 0 Å². The monoisotopic (exact) mass is 257 g/mol. The summed E-state index contributed by atoms with van der Waals surface area (Å²) in [5.74, 6) is 0. The minimum atomic E-state index is 0.653. The van der Waals surface area contributed by atoms with Gasteiger partial charge in [-0.15, -0.1) is 0 Å². The molecule has 1 aliphatic rings. The topological polar surface area (TPSA) is 31.1 Å². The molecule has 0 bridgehead atoms. The summed E-state index contributed by atoms with van der Waals surface area (Å²) >= 11 is 0. The van der Waals surface area contributed by atoms with Crippen molar-refractivity contribution in [2.45, 2.75) is 38.4 Å². The molecular formula is C16H23N3. The summed E-state index contributed by atoms with van der Waals surface area (Å²) in [6, 6.07) is 10.0. The number of nitrogens with one attached hydrogen (secondary N) is 2. The summed E-state index contributed by atoms with van der Waals surface area (Å²) in [6.45, 7) is 4.49. The normalized spacial score (nSPS) is 24.9. The maximum absolute atomic E-state index is 3.73. The predicted octanol–water partition coefficient (Wildman–Crippen LogP) is 2.74. The van der Waals surface area contributed by atoms with Crippen LogP contribution in [0.25, 0.3) is 10.9 Å². The highest BCUT2D eigenvalue weighted by atomic mass is 15.1. The molecule has 0 saturated carbocycles. The van der Waals surface area contributed by atoms with E-state index in [1.54, 1.807) is 0 Å². The summed E-state index contributed by atoms with van der Waals surface area (Å²) in [6.07, 6.45) is 4.52. The summed E-state index contributed by atoms with van der Waals surface area (Å²) in [7, 11) is 2.22. The average molecular weight is 257 g/mol. The van der Waals surface area contributed by atoms with Gasteiger partial charge in [-0.3, -0.25) is 0 Å². The average Bonchev–Trinajstić information content (AvgIpc) is 2.89. The highest BCUT2D eigenvalue weighted by Crippen LogP contribution is 2.19. The van der Waals surface area contributed by atoms with Crippen LogP contribution < -0.4 is 5.32 Å². The van der Waals surface area contributed by atoms with Gasteiger partial charge in [0.05, 0.1) is 0 Å². The minimum absolute atomic E-state index is 0.653. The number of rotatable bonds is 3. The van der Waals surface area contributed by atoms with E-state index in [1.165, 1.54) is 35.9 Å². The van der Waals surface area contributed by atoms with Crippen molar-refractivity contribution in [3.8, 4) is 0 Å². The van der Waals surface area contributed by atoms with Crippen molar-refractivity contribution in [2.75, 3.05) is 13.6 Å². The Kier molecular flexibility index (Phi) is 3.58. The molecule has 0 amide bonds. The molecule has 3 rings (SSSR count). The lowest BCUT2D eigenvalue weighted by molar-refractivity contribution is 0.168. The summed E-state index contributed by atoms with van der Waals surface area (Å²) in [5, 5.41) is 5.07. The Labute approximate surface area is 115 Å². The number of piperidine rings is 1. The Hall–Kier alpha value is -1.32. The van der Waals surface area contributed by atoms with Gasteiger partial charge in [-0.05, 0) is 51.1 Å². The van der Waals surface area contributed by atoms with E-state index in [9.17, 15) is 0 Å². The van der Waals surface area contributed by atoms with E-state index in [-0.39, 0.29) is 0 Å². The second-order valence-electron chi connectivity index (χ2n) is 5.79. The van der Waals surface area contributed by atoms with Gasteiger partial charge < -0.3 is 15.2 Å². The van der Waals surface area contributed by atoms with Gasteiger partial charge in [-0.25, -0.2) is 0 Å². The third kappa shape index (κ3) is 2.67. The van der Waals surface area contributed by atoms with E-state index in [4.69, 9.17) is 0 Å². The molecule has 3 heteroatoms. The van der Waals surface area contributed by atoms with Crippen LogP contribution in [0.5, 0.6) is 0 Å². The number of fused-ring (bicyclic) bond motifs is 1. The summed E-state index contributed by atoms with van der Waals surface area (Å²) < 4.78 is 0. The number of aromatic nitrogens is 1. The predicted molar refractivity (Wildman–Crippen MR) is 80.3 cm³/mol. The second kappa shape index (κ2) is 5.35. The zero-order valence-electron chi connectivity index (χ0n) is 11.8. The van der Waals surface area contributed by atoms with Gasteiger partial charge in [-0.1, -0.05) is 12.1 Å². The minimum Gasteiger partial charge on any atom is -0.361 e. The third-order valence-corrected chi connectivity index (χ3v) is 4.47. The molecule has 0 aliphatic carbocycles. The van der Waals surface area contributed by atoms with Crippen molar-refractivity contribution in [2.24, 2.45) is 0 Å². The fraction of sp³-hybridized carbons (Fsp3) is 0.500. The van der Waals surface area contributed by atoms with Crippen LogP contribution >= 0.6 is 0 Å². The van der Waals surface area contributed by atoms with Gasteiger partial charge in [0.2, 0.25) is 0 Å². The Bertz CT molecular complexity index is 546. The van der Waals surface area contributed by atoms with E-state index in [2.05, 4.69) is 53.4 Å². The molecular weight excluding hydrogens is 234 g/mol. The molecule has 2 atom stereocenters. The van der Waals surface area contributed by atoms with Crippen molar-refractivity contribution >= 4 is 10.9 Å². The largest absolute Gasteiger partial charge is 0.361 e. The Morgan fingerprint density at radius 3 is 3.11 bits per heavy atom. The first-order chi connectivity index (χ1) is 9.24. The Morgan fingerprint density at radius 1 is 1.37 bits per heavy atom. The zero-order chi connectivity index (χ0) is 13.2. The standard InChI is InChI=1S/C16H23N3/c1-12-10-14(7-9-19(12)2)18-11-13-4-3-5-16-15(13)6-8-17-16/h3-6,8,12,14,17-18H,7,9-11H2,1-2H3. The molecule has 1 aromatic heterocycles. The third-order valence-electron chi connectivity index (χ3n) is 4.47. The molecule has 0 spiro atoms. The summed E-state index contributed by atoms with van der Waals surface area (Å²) in [4.78, 5) is 5.73. The Balaban J connectivity index is 1.65. The molecule has 2 heterocycles. The summed E-state index contributed by atoms with van der Waals surface area (Å²) in [5.41, 5.74) is 2.63. The fourth-order valence-electron chi connectivity index (χ4n) is 3.03. The van der Waals surface area contributed by atoms with Gasteiger partial charge in [0.25, 0.3) is 0 Å². The molecule has 3 nitrogen and oxygen atoms in total. The number of aromatic amines is 1. The van der Waals surface area contributed by atoms with Crippen LogP contribution in [0.3, 0.4) is 0 Å². The molecule has 1 fully saturated rings. The Morgan fingerprint density at radius 2 is 2.26 bits per heavy atom. The highest BCUT2D eigenvalue weighted by molar-refractivity contribution is 5.82. The van der Waals surface area contributed by atoms with E-state index in [0.29, 0.717) is 12.1 Å². The number of benzene rings is 1. The molecule has 0 radical (unpaired) electrons. The highest BCUT2D eigenvalue weighted by Gasteiger charge is 2.22. The maximum Gasteiger partial charge on any atom is 0.0457 e. The van der Waals surface area contributed by atoms with Crippen molar-refractivity contribution in [3.05, 3.63) is 36.0 Å². The molecule has 1 aliphatic heterocycles.